The summed E-state index contributed by atoms with van der Waals surface area (Å²) >= 11 is 0. The number of nitrogens with zero attached hydrogens (tertiary/aromatic N) is 1. The minimum Gasteiger partial charge on any atom is -0.394 e. The summed E-state index contributed by atoms with van der Waals surface area (Å²) in [6.07, 6.45) is 4.20. The number of pyridine rings is 1. The molecule has 2 N–H and O–H groups in total. The number of rotatable bonds is 7. The first kappa shape index (κ1) is 13.6. The molecule has 0 aliphatic rings. The lowest BCUT2D eigenvalue weighted by atomic mass is 10.2. The Morgan fingerprint density at radius 3 is 2.76 bits per heavy atom. The van der Waals surface area contributed by atoms with E-state index in [2.05, 4.69) is 5.32 Å². The smallest absolute Gasteiger partial charge is 0.224 e. The molecule has 0 aliphatic heterocycles. The number of ether oxygens (including phenoxy) is 1. The van der Waals surface area contributed by atoms with Crippen molar-refractivity contribution in [2.24, 2.45) is 7.05 Å². The van der Waals surface area contributed by atoms with Crippen LogP contribution in [0.2, 0.25) is 0 Å². The zero-order chi connectivity index (χ0) is 12.5. The summed E-state index contributed by atoms with van der Waals surface area (Å²) in [6.45, 7) is 1.22. The average Bonchev–Trinajstić information content (AvgIpc) is 2.32. The van der Waals surface area contributed by atoms with Crippen LogP contribution in [-0.4, -0.2) is 37.4 Å². The topological polar surface area (TPSA) is 62.4 Å². The molecule has 0 aliphatic carbocycles. The molecular weight excluding hydrogens is 220 g/mol. The van der Waals surface area contributed by atoms with E-state index < -0.39 is 0 Å². The monoisotopic (exact) mass is 239 g/mol. The van der Waals surface area contributed by atoms with E-state index in [9.17, 15) is 4.79 Å². The number of carbonyl (C=O) groups excluding carboxylic acids is 1. The highest BCUT2D eigenvalue weighted by Crippen LogP contribution is 1.95. The molecule has 1 heterocycles. The number of hydrogen-bond donors (Lipinski definition) is 2. The van der Waals surface area contributed by atoms with Gasteiger partial charge in [-0.3, -0.25) is 4.79 Å². The maximum absolute atomic E-state index is 11.5. The Labute approximate surface area is 101 Å². The molecule has 1 amide bonds. The summed E-state index contributed by atoms with van der Waals surface area (Å²) in [5.41, 5.74) is 0.983. The Morgan fingerprint density at radius 2 is 2.12 bits per heavy atom. The number of aromatic nitrogens is 1. The fourth-order valence-corrected chi connectivity index (χ4v) is 1.33. The molecule has 0 unspecified atom stereocenters. The van der Waals surface area contributed by atoms with Gasteiger partial charge < -0.3 is 15.2 Å². The van der Waals surface area contributed by atoms with Gasteiger partial charge in [-0.05, 0) is 5.56 Å². The number of amides is 1. The molecular formula is C12H19N2O3+. The van der Waals surface area contributed by atoms with Crippen LogP contribution in [0.3, 0.4) is 0 Å². The molecule has 1 aromatic rings. The van der Waals surface area contributed by atoms with Crippen LogP contribution in [0.4, 0.5) is 0 Å². The normalized spacial score (nSPS) is 10.2. The average molecular weight is 239 g/mol. The second kappa shape index (κ2) is 7.76. The fraction of sp³-hybridized carbons (Fsp3) is 0.500. The second-order valence-corrected chi connectivity index (χ2v) is 3.73. The maximum atomic E-state index is 11.5. The summed E-state index contributed by atoms with van der Waals surface area (Å²) in [4.78, 5) is 11.5. The van der Waals surface area contributed by atoms with Gasteiger partial charge in [0.15, 0.2) is 12.4 Å². The van der Waals surface area contributed by atoms with Crippen molar-refractivity contribution in [2.45, 2.75) is 6.42 Å². The first-order chi connectivity index (χ1) is 8.22. The van der Waals surface area contributed by atoms with Gasteiger partial charge in [0.1, 0.15) is 7.05 Å². The van der Waals surface area contributed by atoms with Crippen LogP contribution in [0, 0.1) is 0 Å². The maximum Gasteiger partial charge on any atom is 0.224 e. The fourth-order valence-electron chi connectivity index (χ4n) is 1.33. The number of hydrogen-bond acceptors (Lipinski definition) is 3. The van der Waals surface area contributed by atoms with Gasteiger partial charge in [0.25, 0.3) is 0 Å². The van der Waals surface area contributed by atoms with E-state index in [0.29, 0.717) is 26.2 Å². The van der Waals surface area contributed by atoms with Crippen LogP contribution >= 0.6 is 0 Å². The highest BCUT2D eigenvalue weighted by Gasteiger charge is 2.03. The minimum absolute atomic E-state index is 0.00891. The molecule has 0 radical (unpaired) electrons. The van der Waals surface area contributed by atoms with E-state index >= 15 is 0 Å². The van der Waals surface area contributed by atoms with Gasteiger partial charge in [0.2, 0.25) is 5.91 Å². The van der Waals surface area contributed by atoms with E-state index in [1.165, 1.54) is 0 Å². The van der Waals surface area contributed by atoms with E-state index in [1.54, 1.807) is 0 Å². The van der Waals surface area contributed by atoms with Gasteiger partial charge in [-0.15, -0.1) is 0 Å². The van der Waals surface area contributed by atoms with Gasteiger partial charge in [-0.2, -0.15) is 0 Å². The van der Waals surface area contributed by atoms with Crippen molar-refractivity contribution in [3.05, 3.63) is 30.1 Å². The molecule has 5 nitrogen and oxygen atoms in total. The van der Waals surface area contributed by atoms with Gasteiger partial charge in [-0.25, -0.2) is 4.57 Å². The summed E-state index contributed by atoms with van der Waals surface area (Å²) < 4.78 is 6.95. The highest BCUT2D eigenvalue weighted by atomic mass is 16.5. The zero-order valence-electron chi connectivity index (χ0n) is 10.1. The largest absolute Gasteiger partial charge is 0.394 e. The van der Waals surface area contributed by atoms with Gasteiger partial charge in [-0.1, -0.05) is 0 Å². The van der Waals surface area contributed by atoms with E-state index in [1.807, 2.05) is 36.1 Å². The Bertz CT molecular complexity index is 338. The first-order valence-electron chi connectivity index (χ1n) is 5.62. The molecule has 0 bridgehead atoms. The Morgan fingerprint density at radius 1 is 1.41 bits per heavy atom. The lowest BCUT2D eigenvalue weighted by Crippen LogP contribution is -2.30. The zero-order valence-corrected chi connectivity index (χ0v) is 10.1. The Balaban J connectivity index is 2.18. The molecule has 0 spiro atoms. The molecule has 0 atom stereocenters. The standard InChI is InChI=1S/C12H18N2O3/c1-14-5-2-11(3-6-14)10-12(16)13-4-8-17-9-7-15/h2-3,5-6,15H,4,7-10H2,1H3/p+1. The molecule has 0 aromatic carbocycles. The van der Waals surface area contributed by atoms with Gasteiger partial charge >= 0.3 is 0 Å². The molecule has 0 saturated heterocycles. The molecule has 94 valence electrons. The summed E-state index contributed by atoms with van der Waals surface area (Å²) in [7, 11) is 1.93. The SMILES string of the molecule is C[n+]1ccc(CC(=O)NCCOCCO)cc1. The molecule has 0 saturated carbocycles. The lowest BCUT2D eigenvalue weighted by Gasteiger charge is -2.05. The quantitative estimate of drug-likeness (QED) is 0.483. The van der Waals surface area contributed by atoms with Crippen LogP contribution in [0.5, 0.6) is 0 Å². The van der Waals surface area contributed by atoms with Crippen molar-refractivity contribution >= 4 is 5.91 Å². The van der Waals surface area contributed by atoms with Gasteiger partial charge in [0, 0.05) is 18.7 Å². The van der Waals surface area contributed by atoms with E-state index in [4.69, 9.17) is 9.84 Å². The van der Waals surface area contributed by atoms with Crippen molar-refractivity contribution < 1.29 is 19.2 Å². The van der Waals surface area contributed by atoms with Gasteiger partial charge in [0.05, 0.1) is 26.2 Å². The summed E-state index contributed by atoms with van der Waals surface area (Å²) in [5, 5.41) is 11.2. The minimum atomic E-state index is -0.0218. The van der Waals surface area contributed by atoms with E-state index in [0.717, 1.165) is 5.56 Å². The predicted octanol–water partition coefficient (Wildman–Crippen LogP) is -0.821. The number of carbonyl (C=O) groups is 1. The number of nitrogens with one attached hydrogen (secondary N) is 1. The van der Waals surface area contributed by atoms with Crippen LogP contribution in [0.1, 0.15) is 5.56 Å². The second-order valence-electron chi connectivity index (χ2n) is 3.73. The summed E-state index contributed by atoms with van der Waals surface area (Å²) in [5.74, 6) is -0.0218. The van der Waals surface area contributed by atoms with Crippen LogP contribution < -0.4 is 9.88 Å². The molecule has 5 heteroatoms. The van der Waals surface area contributed by atoms with Crippen LogP contribution in [0.15, 0.2) is 24.5 Å². The van der Waals surface area contributed by atoms with E-state index in [-0.39, 0.29) is 12.5 Å². The highest BCUT2D eigenvalue weighted by molar-refractivity contribution is 5.78. The van der Waals surface area contributed by atoms with Crippen LogP contribution in [0.25, 0.3) is 0 Å². The third-order valence-corrected chi connectivity index (χ3v) is 2.22. The molecule has 17 heavy (non-hydrogen) atoms. The number of aliphatic hydroxyl groups is 1. The van der Waals surface area contributed by atoms with Crippen LogP contribution in [-0.2, 0) is 23.0 Å². The van der Waals surface area contributed by atoms with Crippen molar-refractivity contribution in [2.75, 3.05) is 26.4 Å². The molecule has 0 fully saturated rings. The lowest BCUT2D eigenvalue weighted by molar-refractivity contribution is -0.671. The Kier molecular flexibility index (Phi) is 6.21. The summed E-state index contributed by atoms with van der Waals surface area (Å²) in [6, 6.07) is 3.84. The predicted molar refractivity (Wildman–Crippen MR) is 62.2 cm³/mol. The first-order valence-corrected chi connectivity index (χ1v) is 5.62. The number of aryl methyl sites for hydroxylation is 1. The van der Waals surface area contributed by atoms with Crippen molar-refractivity contribution in [1.29, 1.82) is 0 Å². The molecule has 1 aromatic heterocycles. The third-order valence-electron chi connectivity index (χ3n) is 2.22. The Hall–Kier alpha value is -1.46. The third kappa shape index (κ3) is 5.99. The van der Waals surface area contributed by atoms with Crippen molar-refractivity contribution in [1.82, 2.24) is 5.32 Å². The van der Waals surface area contributed by atoms with Crippen molar-refractivity contribution in [3.63, 3.8) is 0 Å². The number of aliphatic hydroxyl groups excluding tert-OH is 1. The van der Waals surface area contributed by atoms with Crippen molar-refractivity contribution in [3.8, 4) is 0 Å². The molecule has 1 rings (SSSR count).